The van der Waals surface area contributed by atoms with Gasteiger partial charge in [0.25, 0.3) is 0 Å². The van der Waals surface area contributed by atoms with Crippen LogP contribution in [-0.2, 0) is 6.54 Å². The number of nitrogens with zero attached hydrogens (tertiary/aromatic N) is 2. The molecule has 0 saturated carbocycles. The quantitative estimate of drug-likeness (QED) is 0.733. The lowest BCUT2D eigenvalue weighted by Crippen LogP contribution is -2.04. The fourth-order valence-corrected chi connectivity index (χ4v) is 2.56. The maximum Gasteiger partial charge on any atom is 0.224 e. The minimum absolute atomic E-state index is 0.246. The van der Waals surface area contributed by atoms with Gasteiger partial charge in [0, 0.05) is 11.9 Å². The molecule has 0 fully saturated rings. The number of aryl methyl sites for hydroxylation is 1. The molecule has 0 saturated heterocycles. The molecule has 0 aliphatic heterocycles. The van der Waals surface area contributed by atoms with E-state index in [-0.39, 0.29) is 5.28 Å². The first kappa shape index (κ1) is 14.6. The Morgan fingerprint density at radius 3 is 2.59 bits per heavy atom. The Hall–Kier alpha value is -2.33. The molecular weight excluding hydrogens is 298 g/mol. The SMILES string of the molecule is COc1ccc(CNc2nc(Cl)nc3cccc(C)c23)cc1. The Morgan fingerprint density at radius 2 is 1.86 bits per heavy atom. The summed E-state index contributed by atoms with van der Waals surface area (Å²) >= 11 is 6.02. The standard InChI is InChI=1S/C17H16ClN3O/c1-11-4-3-5-14-15(11)16(21-17(18)20-14)19-10-12-6-8-13(22-2)9-7-12/h3-9H,10H2,1-2H3,(H,19,20,21). The lowest BCUT2D eigenvalue weighted by atomic mass is 10.1. The number of methoxy groups -OCH3 is 1. The molecule has 0 atom stereocenters. The second-order valence-electron chi connectivity index (χ2n) is 5.01. The van der Waals surface area contributed by atoms with E-state index in [1.807, 2.05) is 49.4 Å². The number of hydrogen-bond donors (Lipinski definition) is 1. The molecule has 0 unspecified atom stereocenters. The Balaban J connectivity index is 1.89. The van der Waals surface area contributed by atoms with Crippen molar-refractivity contribution in [3.63, 3.8) is 0 Å². The van der Waals surface area contributed by atoms with Crippen LogP contribution in [0.2, 0.25) is 5.28 Å². The molecule has 0 spiro atoms. The summed E-state index contributed by atoms with van der Waals surface area (Å²) in [6, 6.07) is 13.9. The van der Waals surface area contributed by atoms with Gasteiger partial charge in [-0.25, -0.2) is 9.97 Å². The van der Waals surface area contributed by atoms with Crippen molar-refractivity contribution in [2.24, 2.45) is 0 Å². The van der Waals surface area contributed by atoms with E-state index in [9.17, 15) is 0 Å². The van der Waals surface area contributed by atoms with E-state index in [4.69, 9.17) is 16.3 Å². The van der Waals surface area contributed by atoms with Crippen LogP contribution in [-0.4, -0.2) is 17.1 Å². The maximum absolute atomic E-state index is 6.02. The van der Waals surface area contributed by atoms with E-state index in [2.05, 4.69) is 15.3 Å². The molecular formula is C17H16ClN3O. The first-order valence-corrected chi connectivity index (χ1v) is 7.35. The Labute approximate surface area is 134 Å². The highest BCUT2D eigenvalue weighted by molar-refractivity contribution is 6.28. The average Bonchev–Trinajstić information content (AvgIpc) is 2.53. The zero-order valence-corrected chi connectivity index (χ0v) is 13.2. The van der Waals surface area contributed by atoms with Crippen molar-refractivity contribution >= 4 is 28.3 Å². The van der Waals surface area contributed by atoms with Crippen LogP contribution in [0.5, 0.6) is 5.75 Å². The monoisotopic (exact) mass is 313 g/mol. The van der Waals surface area contributed by atoms with E-state index in [1.54, 1.807) is 7.11 Å². The van der Waals surface area contributed by atoms with Crippen LogP contribution >= 0.6 is 11.6 Å². The minimum Gasteiger partial charge on any atom is -0.497 e. The van der Waals surface area contributed by atoms with Gasteiger partial charge in [-0.3, -0.25) is 0 Å². The molecule has 3 aromatic rings. The third-order valence-electron chi connectivity index (χ3n) is 3.52. The van der Waals surface area contributed by atoms with Crippen LogP contribution in [0.15, 0.2) is 42.5 Å². The van der Waals surface area contributed by atoms with Gasteiger partial charge >= 0.3 is 0 Å². The highest BCUT2D eigenvalue weighted by Crippen LogP contribution is 2.26. The molecule has 1 N–H and O–H groups in total. The molecule has 1 aromatic heterocycles. The highest BCUT2D eigenvalue weighted by atomic mass is 35.5. The summed E-state index contributed by atoms with van der Waals surface area (Å²) in [7, 11) is 1.66. The van der Waals surface area contributed by atoms with Crippen molar-refractivity contribution in [3.05, 3.63) is 58.9 Å². The van der Waals surface area contributed by atoms with E-state index in [0.717, 1.165) is 33.6 Å². The number of rotatable bonds is 4. The van der Waals surface area contributed by atoms with Crippen molar-refractivity contribution in [2.45, 2.75) is 13.5 Å². The molecule has 0 aliphatic rings. The average molecular weight is 314 g/mol. The normalized spacial score (nSPS) is 10.7. The number of aromatic nitrogens is 2. The number of hydrogen-bond acceptors (Lipinski definition) is 4. The molecule has 0 aliphatic carbocycles. The van der Waals surface area contributed by atoms with Crippen LogP contribution in [0.1, 0.15) is 11.1 Å². The summed E-state index contributed by atoms with van der Waals surface area (Å²) in [5.74, 6) is 1.60. The summed E-state index contributed by atoms with van der Waals surface area (Å²) in [6.07, 6.45) is 0. The number of fused-ring (bicyclic) bond motifs is 1. The summed E-state index contributed by atoms with van der Waals surface area (Å²) in [4.78, 5) is 8.60. The van der Waals surface area contributed by atoms with Crippen LogP contribution < -0.4 is 10.1 Å². The van der Waals surface area contributed by atoms with Gasteiger partial charge in [0.2, 0.25) is 5.28 Å². The van der Waals surface area contributed by atoms with Crippen LogP contribution in [0.4, 0.5) is 5.82 Å². The molecule has 5 heteroatoms. The van der Waals surface area contributed by atoms with Gasteiger partial charge in [0.1, 0.15) is 11.6 Å². The molecule has 112 valence electrons. The van der Waals surface area contributed by atoms with Gasteiger partial charge in [-0.2, -0.15) is 0 Å². The minimum atomic E-state index is 0.246. The molecule has 0 amide bonds. The first-order chi connectivity index (χ1) is 10.7. The third-order valence-corrected chi connectivity index (χ3v) is 3.69. The summed E-state index contributed by atoms with van der Waals surface area (Å²) in [5, 5.41) is 4.59. The second kappa shape index (κ2) is 6.20. The number of ether oxygens (including phenoxy) is 1. The van der Waals surface area contributed by atoms with Gasteiger partial charge < -0.3 is 10.1 Å². The fraction of sp³-hybridized carbons (Fsp3) is 0.176. The van der Waals surface area contributed by atoms with Gasteiger partial charge in [0.15, 0.2) is 0 Å². The number of anilines is 1. The zero-order chi connectivity index (χ0) is 15.5. The zero-order valence-electron chi connectivity index (χ0n) is 12.4. The molecule has 0 radical (unpaired) electrons. The predicted octanol–water partition coefficient (Wildman–Crippen LogP) is 4.21. The topological polar surface area (TPSA) is 47.0 Å². The fourth-order valence-electron chi connectivity index (χ4n) is 2.38. The molecule has 2 aromatic carbocycles. The highest BCUT2D eigenvalue weighted by Gasteiger charge is 2.08. The summed E-state index contributed by atoms with van der Waals surface area (Å²) in [5.41, 5.74) is 3.10. The van der Waals surface area contributed by atoms with E-state index < -0.39 is 0 Å². The van der Waals surface area contributed by atoms with Crippen molar-refractivity contribution < 1.29 is 4.74 Å². The smallest absolute Gasteiger partial charge is 0.224 e. The van der Waals surface area contributed by atoms with Gasteiger partial charge in [-0.15, -0.1) is 0 Å². The van der Waals surface area contributed by atoms with Crippen molar-refractivity contribution in [3.8, 4) is 5.75 Å². The van der Waals surface area contributed by atoms with Crippen molar-refractivity contribution in [1.29, 1.82) is 0 Å². The summed E-state index contributed by atoms with van der Waals surface area (Å²) in [6.45, 7) is 2.69. The van der Waals surface area contributed by atoms with Gasteiger partial charge in [-0.1, -0.05) is 24.3 Å². The number of benzene rings is 2. The van der Waals surface area contributed by atoms with Gasteiger partial charge in [0.05, 0.1) is 12.6 Å². The molecule has 1 heterocycles. The van der Waals surface area contributed by atoms with Crippen LogP contribution in [0, 0.1) is 6.92 Å². The van der Waals surface area contributed by atoms with E-state index >= 15 is 0 Å². The van der Waals surface area contributed by atoms with E-state index in [1.165, 1.54) is 0 Å². The Kier molecular flexibility index (Phi) is 4.11. The lowest BCUT2D eigenvalue weighted by Gasteiger charge is -2.11. The second-order valence-corrected chi connectivity index (χ2v) is 5.35. The molecule has 22 heavy (non-hydrogen) atoms. The van der Waals surface area contributed by atoms with Crippen molar-refractivity contribution in [2.75, 3.05) is 12.4 Å². The first-order valence-electron chi connectivity index (χ1n) is 6.97. The largest absolute Gasteiger partial charge is 0.497 e. The molecule has 4 nitrogen and oxygen atoms in total. The molecule has 3 rings (SSSR count). The predicted molar refractivity (Wildman–Crippen MR) is 89.6 cm³/mol. The van der Waals surface area contributed by atoms with Crippen LogP contribution in [0.25, 0.3) is 10.9 Å². The number of nitrogens with one attached hydrogen (secondary N) is 1. The van der Waals surface area contributed by atoms with Crippen molar-refractivity contribution in [1.82, 2.24) is 9.97 Å². The number of halogens is 1. The third kappa shape index (κ3) is 2.97. The Bertz CT molecular complexity index is 803. The van der Waals surface area contributed by atoms with E-state index in [0.29, 0.717) is 6.54 Å². The summed E-state index contributed by atoms with van der Waals surface area (Å²) < 4.78 is 5.16. The maximum atomic E-state index is 6.02. The van der Waals surface area contributed by atoms with Crippen LogP contribution in [0.3, 0.4) is 0 Å². The van der Waals surface area contributed by atoms with Gasteiger partial charge in [-0.05, 0) is 47.9 Å². The lowest BCUT2D eigenvalue weighted by molar-refractivity contribution is 0.414. The molecule has 0 bridgehead atoms. The Morgan fingerprint density at radius 1 is 1.09 bits per heavy atom.